The van der Waals surface area contributed by atoms with Crippen molar-refractivity contribution in [1.82, 2.24) is 25.2 Å². The minimum atomic E-state index is -0.231. The lowest BCUT2D eigenvalue weighted by Crippen LogP contribution is -2.19. The van der Waals surface area contributed by atoms with Gasteiger partial charge in [0.2, 0.25) is 0 Å². The summed E-state index contributed by atoms with van der Waals surface area (Å²) in [5.74, 6) is -0.0552. The van der Waals surface area contributed by atoms with Gasteiger partial charge in [-0.1, -0.05) is 60.3 Å². The van der Waals surface area contributed by atoms with Crippen molar-refractivity contribution < 1.29 is 4.79 Å². The molecule has 0 saturated carbocycles. The second kappa shape index (κ2) is 10.0. The Kier molecular flexibility index (Phi) is 6.72. The highest BCUT2D eigenvalue weighted by Gasteiger charge is 2.11. The van der Waals surface area contributed by atoms with E-state index in [1.807, 2.05) is 86.8 Å². The number of thioether (sulfide) groups is 1. The van der Waals surface area contributed by atoms with Gasteiger partial charge in [0, 0.05) is 28.7 Å². The fourth-order valence-electron chi connectivity index (χ4n) is 3.11. The molecule has 2 aromatic heterocycles. The van der Waals surface area contributed by atoms with Crippen molar-refractivity contribution >= 4 is 23.9 Å². The van der Waals surface area contributed by atoms with Crippen LogP contribution in [0.1, 0.15) is 17.0 Å². The van der Waals surface area contributed by atoms with Crippen molar-refractivity contribution in [1.29, 1.82) is 0 Å². The van der Waals surface area contributed by atoms with Crippen LogP contribution < -0.4 is 5.43 Å². The van der Waals surface area contributed by atoms with Crippen molar-refractivity contribution in [3.05, 3.63) is 89.9 Å². The van der Waals surface area contributed by atoms with E-state index in [9.17, 15) is 4.79 Å². The van der Waals surface area contributed by atoms with Gasteiger partial charge in [0.25, 0.3) is 5.91 Å². The van der Waals surface area contributed by atoms with E-state index in [4.69, 9.17) is 5.10 Å². The van der Waals surface area contributed by atoms with Crippen molar-refractivity contribution in [3.63, 3.8) is 0 Å². The third-order valence-corrected chi connectivity index (χ3v) is 5.34. The predicted molar refractivity (Wildman–Crippen MR) is 127 cm³/mol. The maximum atomic E-state index is 12.2. The number of hydrogen-bond acceptors (Lipinski definition) is 6. The maximum Gasteiger partial charge on any atom is 0.250 e. The molecular formula is C24H22N6OS. The largest absolute Gasteiger partial charge is 0.272 e. The van der Waals surface area contributed by atoms with Gasteiger partial charge in [0.1, 0.15) is 5.69 Å². The Balaban J connectivity index is 1.47. The van der Waals surface area contributed by atoms with Gasteiger partial charge < -0.3 is 0 Å². The van der Waals surface area contributed by atoms with E-state index in [0.717, 1.165) is 33.9 Å². The summed E-state index contributed by atoms with van der Waals surface area (Å²) < 4.78 is 1.80. The van der Waals surface area contributed by atoms with Crippen molar-refractivity contribution in [3.8, 4) is 16.9 Å². The van der Waals surface area contributed by atoms with E-state index in [2.05, 4.69) is 20.5 Å². The molecule has 0 fully saturated rings. The lowest BCUT2D eigenvalue weighted by atomic mass is 10.1. The van der Waals surface area contributed by atoms with Gasteiger partial charge in [0.15, 0.2) is 5.16 Å². The molecule has 0 aliphatic heterocycles. The zero-order valence-electron chi connectivity index (χ0n) is 17.8. The summed E-state index contributed by atoms with van der Waals surface area (Å²) in [5, 5.41) is 9.46. The monoisotopic (exact) mass is 442 g/mol. The Hall–Kier alpha value is -3.78. The average molecular weight is 443 g/mol. The molecule has 0 saturated heterocycles. The second-order valence-corrected chi connectivity index (χ2v) is 8.04. The van der Waals surface area contributed by atoms with E-state index in [1.165, 1.54) is 11.8 Å². The summed E-state index contributed by atoms with van der Waals surface area (Å²) in [4.78, 5) is 20.9. The highest BCUT2D eigenvalue weighted by molar-refractivity contribution is 7.99. The maximum absolute atomic E-state index is 12.2. The van der Waals surface area contributed by atoms with Crippen LogP contribution in [0.5, 0.6) is 0 Å². The smallest absolute Gasteiger partial charge is 0.250 e. The molecule has 0 spiro atoms. The minimum absolute atomic E-state index is 0.176. The third-order valence-electron chi connectivity index (χ3n) is 4.50. The first kappa shape index (κ1) is 21.5. The van der Waals surface area contributed by atoms with Crippen LogP contribution in [-0.4, -0.2) is 37.6 Å². The van der Waals surface area contributed by atoms with Gasteiger partial charge in [-0.05, 0) is 32.0 Å². The normalized spacial score (nSPS) is 11.1. The van der Waals surface area contributed by atoms with E-state index in [0.29, 0.717) is 5.16 Å². The number of benzene rings is 2. The Morgan fingerprint density at radius 2 is 1.69 bits per heavy atom. The van der Waals surface area contributed by atoms with Crippen LogP contribution in [-0.2, 0) is 4.79 Å². The highest BCUT2D eigenvalue weighted by atomic mass is 32.2. The van der Waals surface area contributed by atoms with Crippen molar-refractivity contribution in [2.24, 2.45) is 5.10 Å². The number of nitrogens with zero attached hydrogens (tertiary/aromatic N) is 5. The van der Waals surface area contributed by atoms with Crippen LogP contribution in [0.15, 0.2) is 83.2 Å². The Morgan fingerprint density at radius 3 is 2.38 bits per heavy atom. The van der Waals surface area contributed by atoms with Gasteiger partial charge in [0.05, 0.1) is 17.7 Å². The van der Waals surface area contributed by atoms with Gasteiger partial charge in [-0.25, -0.2) is 20.1 Å². The first-order valence-electron chi connectivity index (χ1n) is 10.1. The third kappa shape index (κ3) is 5.47. The second-order valence-electron chi connectivity index (χ2n) is 7.09. The van der Waals surface area contributed by atoms with E-state index < -0.39 is 0 Å². The van der Waals surface area contributed by atoms with Crippen molar-refractivity contribution in [2.75, 3.05) is 5.75 Å². The molecule has 2 heterocycles. The minimum Gasteiger partial charge on any atom is -0.272 e. The summed E-state index contributed by atoms with van der Waals surface area (Å²) in [6, 6.07) is 21.6. The molecule has 160 valence electrons. The van der Waals surface area contributed by atoms with E-state index >= 15 is 0 Å². The SMILES string of the molecule is Cc1cc(C)nc(SCC(=O)N/N=C/c2cn(-c3ccccc3)nc2-c2ccccc2)n1. The molecule has 1 amide bonds. The number of aryl methyl sites for hydroxylation is 2. The Bertz CT molecular complexity index is 1220. The molecule has 0 aliphatic rings. The molecule has 1 N–H and O–H groups in total. The number of hydrazone groups is 1. The predicted octanol–water partition coefficient (Wildman–Crippen LogP) is 4.19. The van der Waals surface area contributed by atoms with E-state index in [1.54, 1.807) is 10.9 Å². The molecule has 4 aromatic rings. The summed E-state index contributed by atoms with van der Waals surface area (Å²) in [5.41, 5.74) is 7.82. The molecule has 0 atom stereocenters. The molecule has 4 rings (SSSR count). The van der Waals surface area contributed by atoms with Crippen LogP contribution in [0.4, 0.5) is 0 Å². The van der Waals surface area contributed by atoms with Gasteiger partial charge in [-0.3, -0.25) is 4.79 Å². The van der Waals surface area contributed by atoms with Crippen LogP contribution in [0.3, 0.4) is 0 Å². The van der Waals surface area contributed by atoms with E-state index in [-0.39, 0.29) is 11.7 Å². The standard InChI is InChI=1S/C24H22N6OS/c1-17-13-18(2)27-24(26-17)32-16-22(31)28-25-14-20-15-30(21-11-7-4-8-12-21)29-23(20)19-9-5-3-6-10-19/h3-15H,16H2,1-2H3,(H,28,31)/b25-14+. The molecule has 8 heteroatoms. The quantitative estimate of drug-likeness (QED) is 0.201. The zero-order chi connectivity index (χ0) is 22.3. The molecular weight excluding hydrogens is 420 g/mol. The first-order chi connectivity index (χ1) is 15.6. The first-order valence-corrected chi connectivity index (χ1v) is 11.0. The fourth-order valence-corrected chi connectivity index (χ4v) is 3.85. The van der Waals surface area contributed by atoms with Crippen LogP contribution in [0, 0.1) is 13.8 Å². The number of nitrogens with one attached hydrogen (secondary N) is 1. The molecule has 0 bridgehead atoms. The molecule has 32 heavy (non-hydrogen) atoms. The fraction of sp³-hybridized carbons (Fsp3) is 0.125. The molecule has 7 nitrogen and oxygen atoms in total. The zero-order valence-corrected chi connectivity index (χ0v) is 18.6. The lowest BCUT2D eigenvalue weighted by molar-refractivity contribution is -0.118. The molecule has 2 aromatic carbocycles. The highest BCUT2D eigenvalue weighted by Crippen LogP contribution is 2.22. The number of hydrogen-bond donors (Lipinski definition) is 1. The van der Waals surface area contributed by atoms with Crippen LogP contribution in [0.2, 0.25) is 0 Å². The lowest BCUT2D eigenvalue weighted by Gasteiger charge is -2.02. The number of aromatic nitrogens is 4. The topological polar surface area (TPSA) is 85.1 Å². The van der Waals surface area contributed by atoms with Gasteiger partial charge >= 0.3 is 0 Å². The summed E-state index contributed by atoms with van der Waals surface area (Å²) >= 11 is 1.28. The Labute approximate surface area is 190 Å². The summed E-state index contributed by atoms with van der Waals surface area (Å²) in [6.07, 6.45) is 3.51. The summed E-state index contributed by atoms with van der Waals surface area (Å²) in [6.45, 7) is 3.81. The van der Waals surface area contributed by atoms with Gasteiger partial charge in [-0.15, -0.1) is 0 Å². The Morgan fingerprint density at radius 1 is 1.03 bits per heavy atom. The van der Waals surface area contributed by atoms with Crippen LogP contribution in [0.25, 0.3) is 16.9 Å². The number of amides is 1. The molecule has 0 unspecified atom stereocenters. The van der Waals surface area contributed by atoms with Gasteiger partial charge in [-0.2, -0.15) is 10.2 Å². The number of carbonyl (C=O) groups is 1. The number of carbonyl (C=O) groups excluding carboxylic acids is 1. The number of rotatable bonds is 7. The summed E-state index contributed by atoms with van der Waals surface area (Å²) in [7, 11) is 0. The molecule has 0 radical (unpaired) electrons. The van der Waals surface area contributed by atoms with Crippen molar-refractivity contribution in [2.45, 2.75) is 19.0 Å². The molecule has 0 aliphatic carbocycles. The van der Waals surface area contributed by atoms with Crippen LogP contribution >= 0.6 is 11.8 Å². The number of para-hydroxylation sites is 1. The average Bonchev–Trinajstić information content (AvgIpc) is 3.22.